The van der Waals surface area contributed by atoms with Crippen molar-refractivity contribution in [3.05, 3.63) is 72.4 Å². The van der Waals surface area contributed by atoms with Crippen molar-refractivity contribution in [1.82, 2.24) is 19.9 Å². The summed E-state index contributed by atoms with van der Waals surface area (Å²) in [5, 5.41) is 0. The number of carbonyl (C=O) groups excluding carboxylic acids is 1. The van der Waals surface area contributed by atoms with Gasteiger partial charge in [0.2, 0.25) is 0 Å². The summed E-state index contributed by atoms with van der Waals surface area (Å²) in [4.78, 5) is 27.3. The third kappa shape index (κ3) is 3.13. The average molecular weight is 345 g/mol. The fourth-order valence-corrected chi connectivity index (χ4v) is 3.43. The van der Waals surface area contributed by atoms with Gasteiger partial charge in [0.25, 0.3) is 5.91 Å². The molecule has 26 heavy (non-hydrogen) atoms. The number of benzene rings is 1. The Bertz CT molecular complexity index is 928. The van der Waals surface area contributed by atoms with E-state index in [1.807, 2.05) is 47.4 Å². The third-order valence-electron chi connectivity index (χ3n) is 4.72. The van der Waals surface area contributed by atoms with Gasteiger partial charge in [-0.3, -0.25) is 4.79 Å². The summed E-state index contributed by atoms with van der Waals surface area (Å²) in [6.07, 6.45) is 5.92. The first-order chi connectivity index (χ1) is 12.7. The molecule has 0 aliphatic carbocycles. The van der Waals surface area contributed by atoms with Crippen molar-refractivity contribution in [2.24, 2.45) is 0 Å². The van der Waals surface area contributed by atoms with Gasteiger partial charge in [-0.15, -0.1) is 0 Å². The van der Waals surface area contributed by atoms with E-state index < -0.39 is 0 Å². The topological polar surface area (TPSA) is 85.0 Å². The molecular weight excluding hydrogens is 326 g/mol. The molecule has 0 saturated carbocycles. The molecule has 3 aromatic rings. The van der Waals surface area contributed by atoms with Gasteiger partial charge in [0.05, 0.1) is 5.69 Å². The highest BCUT2D eigenvalue weighted by Crippen LogP contribution is 2.33. The fourth-order valence-electron chi connectivity index (χ4n) is 3.43. The van der Waals surface area contributed by atoms with Crippen LogP contribution in [-0.2, 0) is 0 Å². The molecule has 3 heterocycles. The highest BCUT2D eigenvalue weighted by molar-refractivity contribution is 5.94. The molecule has 0 spiro atoms. The number of anilines is 1. The molecular formula is C20H19N5O. The molecule has 1 saturated heterocycles. The Kier molecular flexibility index (Phi) is 4.31. The van der Waals surface area contributed by atoms with Crippen molar-refractivity contribution < 1.29 is 4.79 Å². The van der Waals surface area contributed by atoms with Gasteiger partial charge in [0.15, 0.2) is 0 Å². The molecule has 1 aromatic carbocycles. The Balaban J connectivity index is 1.59. The van der Waals surface area contributed by atoms with Crippen molar-refractivity contribution >= 4 is 11.7 Å². The molecule has 1 amide bonds. The van der Waals surface area contributed by atoms with Crippen molar-refractivity contribution in [2.45, 2.75) is 12.3 Å². The Morgan fingerprint density at radius 1 is 1.15 bits per heavy atom. The summed E-state index contributed by atoms with van der Waals surface area (Å²) < 4.78 is 0. The van der Waals surface area contributed by atoms with E-state index in [2.05, 4.69) is 15.0 Å². The number of nitrogens with zero attached hydrogens (tertiary/aromatic N) is 4. The van der Waals surface area contributed by atoms with Crippen LogP contribution in [0.4, 0.5) is 5.82 Å². The molecule has 1 aliphatic rings. The third-order valence-corrected chi connectivity index (χ3v) is 4.72. The van der Waals surface area contributed by atoms with Crippen LogP contribution >= 0.6 is 0 Å². The van der Waals surface area contributed by atoms with E-state index in [4.69, 9.17) is 5.73 Å². The predicted molar refractivity (Wildman–Crippen MR) is 99.4 cm³/mol. The molecule has 6 heteroatoms. The fraction of sp³-hybridized carbons (Fsp3) is 0.200. The van der Waals surface area contributed by atoms with Crippen molar-refractivity contribution in [3.8, 4) is 11.1 Å². The van der Waals surface area contributed by atoms with Crippen molar-refractivity contribution in [3.63, 3.8) is 0 Å². The van der Waals surface area contributed by atoms with Crippen molar-refractivity contribution in [2.75, 3.05) is 18.8 Å². The van der Waals surface area contributed by atoms with E-state index in [1.165, 1.54) is 0 Å². The molecule has 2 aromatic heterocycles. The first kappa shape index (κ1) is 16.2. The van der Waals surface area contributed by atoms with E-state index in [0.29, 0.717) is 12.4 Å². The zero-order valence-corrected chi connectivity index (χ0v) is 14.2. The number of carbonyl (C=O) groups is 1. The van der Waals surface area contributed by atoms with E-state index >= 15 is 0 Å². The van der Waals surface area contributed by atoms with Gasteiger partial charge in [-0.1, -0.05) is 18.2 Å². The second kappa shape index (κ2) is 6.92. The quantitative estimate of drug-likeness (QED) is 0.789. The smallest absolute Gasteiger partial charge is 0.253 e. The Morgan fingerprint density at radius 2 is 2.00 bits per heavy atom. The van der Waals surface area contributed by atoms with E-state index in [9.17, 15) is 4.79 Å². The summed E-state index contributed by atoms with van der Waals surface area (Å²) in [5.41, 5.74) is 9.38. The van der Waals surface area contributed by atoms with Gasteiger partial charge in [0, 0.05) is 42.5 Å². The number of likely N-dealkylation sites (tertiary alicyclic amines) is 1. The van der Waals surface area contributed by atoms with Gasteiger partial charge in [0.1, 0.15) is 12.1 Å². The summed E-state index contributed by atoms with van der Waals surface area (Å²) in [5.74, 6) is 0.705. The average Bonchev–Trinajstić information content (AvgIpc) is 3.18. The first-order valence-electron chi connectivity index (χ1n) is 8.58. The lowest BCUT2D eigenvalue weighted by Gasteiger charge is -2.17. The molecule has 130 valence electrons. The number of hydrogen-bond donors (Lipinski definition) is 1. The molecule has 0 bridgehead atoms. The summed E-state index contributed by atoms with van der Waals surface area (Å²) in [6, 6.07) is 13.1. The molecule has 2 N–H and O–H groups in total. The Morgan fingerprint density at radius 3 is 2.81 bits per heavy atom. The molecule has 0 unspecified atom stereocenters. The second-order valence-corrected chi connectivity index (χ2v) is 6.39. The van der Waals surface area contributed by atoms with Crippen LogP contribution in [0.25, 0.3) is 11.1 Å². The van der Waals surface area contributed by atoms with Crippen LogP contribution in [0, 0.1) is 0 Å². The lowest BCUT2D eigenvalue weighted by molar-refractivity contribution is 0.0790. The van der Waals surface area contributed by atoms with E-state index in [0.717, 1.165) is 35.3 Å². The molecule has 1 fully saturated rings. The number of pyridine rings is 1. The van der Waals surface area contributed by atoms with Gasteiger partial charge in [-0.25, -0.2) is 15.0 Å². The largest absolute Gasteiger partial charge is 0.384 e. The summed E-state index contributed by atoms with van der Waals surface area (Å²) >= 11 is 0. The number of nitrogen functional groups attached to an aromatic ring is 1. The van der Waals surface area contributed by atoms with Crippen LogP contribution < -0.4 is 5.73 Å². The van der Waals surface area contributed by atoms with Crippen molar-refractivity contribution in [1.29, 1.82) is 0 Å². The molecule has 1 atom stereocenters. The minimum absolute atomic E-state index is 0.0665. The van der Waals surface area contributed by atoms with Gasteiger partial charge < -0.3 is 10.6 Å². The summed E-state index contributed by atoms with van der Waals surface area (Å²) in [6.45, 7) is 1.37. The number of rotatable bonds is 3. The molecule has 6 nitrogen and oxygen atoms in total. The molecule has 1 aliphatic heterocycles. The number of aromatic nitrogens is 3. The lowest BCUT2D eigenvalue weighted by atomic mass is 9.96. The number of nitrogens with two attached hydrogens (primary N) is 1. The van der Waals surface area contributed by atoms with E-state index in [-0.39, 0.29) is 11.8 Å². The predicted octanol–water partition coefficient (Wildman–Crippen LogP) is 2.75. The minimum Gasteiger partial charge on any atom is -0.384 e. The van der Waals surface area contributed by atoms with Crippen LogP contribution in [0.3, 0.4) is 0 Å². The number of hydrogen-bond acceptors (Lipinski definition) is 5. The van der Waals surface area contributed by atoms with Gasteiger partial charge >= 0.3 is 0 Å². The van der Waals surface area contributed by atoms with Crippen LogP contribution in [0.15, 0.2) is 61.2 Å². The normalized spacial score (nSPS) is 16.6. The van der Waals surface area contributed by atoms with Crippen LogP contribution in [0.5, 0.6) is 0 Å². The zero-order chi connectivity index (χ0) is 17.9. The molecule has 0 radical (unpaired) electrons. The number of amides is 1. The summed E-state index contributed by atoms with van der Waals surface area (Å²) in [7, 11) is 0. The zero-order valence-electron chi connectivity index (χ0n) is 14.2. The first-order valence-corrected chi connectivity index (χ1v) is 8.58. The second-order valence-electron chi connectivity index (χ2n) is 6.39. The highest BCUT2D eigenvalue weighted by Gasteiger charge is 2.30. The van der Waals surface area contributed by atoms with Crippen LogP contribution in [0.1, 0.15) is 28.4 Å². The van der Waals surface area contributed by atoms with Gasteiger partial charge in [-0.05, 0) is 36.2 Å². The maximum atomic E-state index is 12.7. The lowest BCUT2D eigenvalue weighted by Crippen LogP contribution is -2.28. The molecule has 4 rings (SSSR count). The standard InChI is InChI=1S/C20H19N5O/c21-18-10-15(6-8-23-18)17-11-22-13-24-19(17)16-7-9-25(12-16)20(26)14-4-2-1-3-5-14/h1-6,8,10-11,13,16H,7,9,12H2,(H2,21,23)/t16-/m1/s1. The maximum Gasteiger partial charge on any atom is 0.253 e. The monoisotopic (exact) mass is 345 g/mol. The highest BCUT2D eigenvalue weighted by atomic mass is 16.2. The Labute approximate surface area is 151 Å². The van der Waals surface area contributed by atoms with E-state index in [1.54, 1.807) is 18.7 Å². The van der Waals surface area contributed by atoms with Crippen LogP contribution in [-0.4, -0.2) is 38.8 Å². The van der Waals surface area contributed by atoms with Crippen LogP contribution in [0.2, 0.25) is 0 Å². The minimum atomic E-state index is 0.0665. The Hall–Kier alpha value is -3.28. The SMILES string of the molecule is Nc1cc(-c2cncnc2[C@@H]2CCN(C(=O)c3ccccc3)C2)ccn1. The van der Waals surface area contributed by atoms with Gasteiger partial charge in [-0.2, -0.15) is 0 Å². The maximum absolute atomic E-state index is 12.7.